The lowest BCUT2D eigenvalue weighted by atomic mass is 9.94. The fourth-order valence-corrected chi connectivity index (χ4v) is 4.63. The van der Waals surface area contributed by atoms with Gasteiger partial charge in [-0.1, -0.05) is 38.1 Å². The number of hydrogen-bond acceptors (Lipinski definition) is 8. The molecular weight excluding hydrogens is 434 g/mol. The zero-order valence-electron chi connectivity index (χ0n) is 19.5. The maximum atomic E-state index is 12.4. The molecule has 5 rings (SSSR count). The summed E-state index contributed by atoms with van der Waals surface area (Å²) in [4.78, 5) is 34.4. The number of piperazine rings is 1. The summed E-state index contributed by atoms with van der Waals surface area (Å²) < 4.78 is 16.3. The van der Waals surface area contributed by atoms with E-state index in [1.807, 2.05) is 43.3 Å². The highest BCUT2D eigenvalue weighted by atomic mass is 16.6. The molecule has 8 heteroatoms. The minimum absolute atomic E-state index is 0.213. The van der Waals surface area contributed by atoms with E-state index in [0.717, 1.165) is 55.2 Å². The summed E-state index contributed by atoms with van der Waals surface area (Å²) >= 11 is 0. The number of pyridine rings is 1. The highest BCUT2D eigenvalue weighted by molar-refractivity contribution is 6.32. The molecular formula is C26H27N3O5. The molecule has 1 unspecified atom stereocenters. The Labute approximate surface area is 198 Å². The Hall–Kier alpha value is -3.65. The summed E-state index contributed by atoms with van der Waals surface area (Å²) in [5, 5.41) is 1.39. The van der Waals surface area contributed by atoms with Crippen molar-refractivity contribution in [1.82, 2.24) is 9.88 Å². The van der Waals surface area contributed by atoms with E-state index >= 15 is 0 Å². The van der Waals surface area contributed by atoms with Gasteiger partial charge in [-0.05, 0) is 30.3 Å². The average molecular weight is 462 g/mol. The van der Waals surface area contributed by atoms with Crippen molar-refractivity contribution < 1.29 is 23.8 Å². The van der Waals surface area contributed by atoms with Crippen LogP contribution in [0.2, 0.25) is 0 Å². The molecule has 1 saturated heterocycles. The molecule has 1 aromatic heterocycles. The van der Waals surface area contributed by atoms with Gasteiger partial charge in [0.1, 0.15) is 17.3 Å². The predicted molar refractivity (Wildman–Crippen MR) is 128 cm³/mol. The Morgan fingerprint density at radius 2 is 1.71 bits per heavy atom. The second kappa shape index (κ2) is 8.95. The van der Waals surface area contributed by atoms with Crippen molar-refractivity contribution in [1.29, 1.82) is 0 Å². The van der Waals surface area contributed by atoms with Crippen molar-refractivity contribution in [2.24, 2.45) is 0 Å². The smallest absolute Gasteiger partial charge is 0.423 e. The molecule has 0 N–H and O–H groups in total. The van der Waals surface area contributed by atoms with Crippen LogP contribution in [0, 0.1) is 0 Å². The van der Waals surface area contributed by atoms with Gasteiger partial charge in [0.15, 0.2) is 5.75 Å². The largest absolute Gasteiger partial charge is 0.497 e. The summed E-state index contributed by atoms with van der Waals surface area (Å²) in [6, 6.07) is 13.1. The topological polar surface area (TPSA) is 81.2 Å². The van der Waals surface area contributed by atoms with Crippen molar-refractivity contribution in [2.75, 3.05) is 44.7 Å². The molecule has 8 nitrogen and oxygen atoms in total. The van der Waals surface area contributed by atoms with Crippen molar-refractivity contribution in [2.45, 2.75) is 19.8 Å². The third-order valence-electron chi connectivity index (χ3n) is 6.66. The van der Waals surface area contributed by atoms with Crippen molar-refractivity contribution in [3.63, 3.8) is 0 Å². The number of carbonyl (C=O) groups excluding carboxylic acids is 2. The van der Waals surface area contributed by atoms with E-state index in [2.05, 4.69) is 16.7 Å². The van der Waals surface area contributed by atoms with Crippen LogP contribution >= 0.6 is 0 Å². The molecule has 0 saturated carbocycles. The Balaban J connectivity index is 1.70. The standard InChI is InChI=1S/C26H27N3O5/c1-4-28-12-14-29(15-13-28)24-19-6-5-7-20-21(19)23(34-26(31)25(30)33-20)22(27-24)16(2)17-8-10-18(32-3)11-9-17/h5-11,16H,4,12-15H2,1-3H3. The van der Waals surface area contributed by atoms with E-state index in [-0.39, 0.29) is 11.7 Å². The van der Waals surface area contributed by atoms with E-state index < -0.39 is 11.9 Å². The number of esters is 2. The molecule has 3 heterocycles. The molecule has 0 aliphatic carbocycles. The van der Waals surface area contributed by atoms with Crippen molar-refractivity contribution in [3.8, 4) is 17.2 Å². The Bertz CT molecular complexity index is 1250. The number of rotatable bonds is 5. The number of methoxy groups -OCH3 is 1. The van der Waals surface area contributed by atoms with Crippen LogP contribution in [0.5, 0.6) is 17.2 Å². The van der Waals surface area contributed by atoms with E-state index in [1.54, 1.807) is 13.2 Å². The maximum Gasteiger partial charge on any atom is 0.423 e. The molecule has 0 bridgehead atoms. The first-order chi connectivity index (χ1) is 16.5. The maximum absolute atomic E-state index is 12.4. The Morgan fingerprint density at radius 3 is 2.38 bits per heavy atom. The van der Waals surface area contributed by atoms with Gasteiger partial charge < -0.3 is 24.0 Å². The number of nitrogens with zero attached hydrogens (tertiary/aromatic N) is 3. The third-order valence-corrected chi connectivity index (χ3v) is 6.66. The van der Waals surface area contributed by atoms with Gasteiger partial charge in [-0.3, -0.25) is 0 Å². The minimum atomic E-state index is -1.05. The molecule has 1 fully saturated rings. The monoisotopic (exact) mass is 461 g/mol. The highest BCUT2D eigenvalue weighted by Gasteiger charge is 2.33. The molecule has 0 radical (unpaired) electrons. The lowest BCUT2D eigenvalue weighted by Gasteiger charge is -2.36. The van der Waals surface area contributed by atoms with Crippen molar-refractivity contribution in [3.05, 3.63) is 53.7 Å². The molecule has 3 aromatic rings. The van der Waals surface area contributed by atoms with Gasteiger partial charge >= 0.3 is 11.9 Å². The SMILES string of the molecule is CCN1CCN(c2nc(C(C)c3ccc(OC)cc3)c3c4c(cccc24)OC(=O)C(=O)O3)CC1. The summed E-state index contributed by atoms with van der Waals surface area (Å²) in [6.45, 7) is 8.72. The lowest BCUT2D eigenvalue weighted by Crippen LogP contribution is -2.46. The summed E-state index contributed by atoms with van der Waals surface area (Å²) in [5.41, 5.74) is 1.57. The quantitative estimate of drug-likeness (QED) is 0.325. The molecule has 0 spiro atoms. The van der Waals surface area contributed by atoms with Crippen LogP contribution in [0.3, 0.4) is 0 Å². The van der Waals surface area contributed by atoms with Crippen molar-refractivity contribution >= 4 is 28.5 Å². The Morgan fingerprint density at radius 1 is 1.00 bits per heavy atom. The molecule has 1 atom stereocenters. The number of hydrogen-bond donors (Lipinski definition) is 0. The molecule has 176 valence electrons. The van der Waals surface area contributed by atoms with E-state index in [1.165, 1.54) is 0 Å². The third kappa shape index (κ3) is 3.84. The first kappa shape index (κ1) is 22.2. The fourth-order valence-electron chi connectivity index (χ4n) is 4.63. The van der Waals surface area contributed by atoms with E-state index in [9.17, 15) is 9.59 Å². The number of likely N-dealkylation sites (N-methyl/N-ethyl adjacent to an activating group) is 1. The van der Waals surface area contributed by atoms with Gasteiger partial charge in [0.25, 0.3) is 0 Å². The lowest BCUT2D eigenvalue weighted by molar-refractivity contribution is -0.155. The normalized spacial score (nSPS) is 17.2. The number of anilines is 1. The summed E-state index contributed by atoms with van der Waals surface area (Å²) in [6.07, 6.45) is 0. The van der Waals surface area contributed by atoms with Gasteiger partial charge in [0.05, 0.1) is 18.2 Å². The van der Waals surface area contributed by atoms with Crippen LogP contribution in [0.15, 0.2) is 42.5 Å². The van der Waals surface area contributed by atoms with Crippen LogP contribution in [0.25, 0.3) is 10.8 Å². The second-order valence-corrected chi connectivity index (χ2v) is 8.52. The molecule has 2 aromatic carbocycles. The highest BCUT2D eigenvalue weighted by Crippen LogP contribution is 2.45. The summed E-state index contributed by atoms with van der Waals surface area (Å²) in [5.74, 6) is -0.154. The van der Waals surface area contributed by atoms with Gasteiger partial charge in [-0.2, -0.15) is 0 Å². The van der Waals surface area contributed by atoms with Gasteiger partial charge in [0, 0.05) is 37.5 Å². The zero-order valence-corrected chi connectivity index (χ0v) is 19.5. The molecule has 0 amide bonds. The first-order valence-electron chi connectivity index (χ1n) is 11.5. The molecule has 34 heavy (non-hydrogen) atoms. The Kier molecular flexibility index (Phi) is 5.83. The number of benzene rings is 2. The van der Waals surface area contributed by atoms with Crippen LogP contribution in [0.1, 0.15) is 31.0 Å². The predicted octanol–water partition coefficient (Wildman–Crippen LogP) is 3.36. The van der Waals surface area contributed by atoms with E-state index in [4.69, 9.17) is 19.2 Å². The van der Waals surface area contributed by atoms with Crippen LogP contribution < -0.4 is 19.1 Å². The van der Waals surface area contributed by atoms with Crippen LogP contribution in [-0.2, 0) is 9.59 Å². The number of carbonyl (C=O) groups is 2. The molecule has 2 aliphatic rings. The van der Waals surface area contributed by atoms with Gasteiger partial charge in [-0.15, -0.1) is 0 Å². The fraction of sp³-hybridized carbons (Fsp3) is 0.346. The number of ether oxygens (including phenoxy) is 3. The zero-order chi connectivity index (χ0) is 23.8. The van der Waals surface area contributed by atoms with Crippen LogP contribution in [0.4, 0.5) is 5.82 Å². The van der Waals surface area contributed by atoms with Gasteiger partial charge in [-0.25, -0.2) is 14.6 Å². The number of aromatic nitrogens is 1. The summed E-state index contributed by atoms with van der Waals surface area (Å²) in [7, 11) is 1.62. The minimum Gasteiger partial charge on any atom is -0.497 e. The molecule has 2 aliphatic heterocycles. The van der Waals surface area contributed by atoms with E-state index in [0.29, 0.717) is 16.8 Å². The van der Waals surface area contributed by atoms with Gasteiger partial charge in [0.2, 0.25) is 0 Å². The second-order valence-electron chi connectivity index (χ2n) is 8.52. The van der Waals surface area contributed by atoms with Crippen LogP contribution in [-0.4, -0.2) is 61.7 Å². The first-order valence-corrected chi connectivity index (χ1v) is 11.5. The average Bonchev–Trinajstić information content (AvgIpc) is 3.00.